The molecule has 0 spiro atoms. The van der Waals surface area contributed by atoms with Crippen molar-refractivity contribution in [3.05, 3.63) is 0 Å². The van der Waals surface area contributed by atoms with E-state index >= 15 is 0 Å². The van der Waals surface area contributed by atoms with E-state index in [2.05, 4.69) is 0 Å². The van der Waals surface area contributed by atoms with Gasteiger partial charge in [0.2, 0.25) is 0 Å². The van der Waals surface area contributed by atoms with E-state index in [9.17, 15) is 4.79 Å². The van der Waals surface area contributed by atoms with E-state index < -0.39 is 17.7 Å². The summed E-state index contributed by atoms with van der Waals surface area (Å²) in [5, 5.41) is 0. The molecule has 0 aromatic rings. The van der Waals surface area contributed by atoms with Crippen molar-refractivity contribution < 1.29 is 9.53 Å². The average Bonchev–Trinajstić information content (AvgIpc) is 1.98. The number of carbonyl (C=O) groups is 1. The monoisotopic (exact) mass is 188 g/mol. The largest absolute Gasteiger partial charge is 0.444 e. The van der Waals surface area contributed by atoms with Gasteiger partial charge in [0.1, 0.15) is 6.04 Å². The second-order valence-corrected chi connectivity index (χ2v) is 3.94. The van der Waals surface area contributed by atoms with Crippen molar-refractivity contribution in [3.8, 4) is 0 Å². The van der Waals surface area contributed by atoms with Crippen molar-refractivity contribution in [2.75, 3.05) is 0 Å². The first kappa shape index (κ1) is 12.4. The normalized spacial score (nSPS) is 16.5. The SMILES string of the molecule is CC[C@H](C)[C@H](N)C(=O)OC(C)(C)N. The Hall–Kier alpha value is -0.610. The number of rotatable bonds is 4. The second-order valence-electron chi connectivity index (χ2n) is 3.94. The molecular weight excluding hydrogens is 168 g/mol. The zero-order valence-electron chi connectivity index (χ0n) is 8.83. The summed E-state index contributed by atoms with van der Waals surface area (Å²) in [4.78, 5) is 11.3. The van der Waals surface area contributed by atoms with Crippen LogP contribution in [-0.4, -0.2) is 17.7 Å². The van der Waals surface area contributed by atoms with Gasteiger partial charge in [0.25, 0.3) is 0 Å². The van der Waals surface area contributed by atoms with Gasteiger partial charge in [-0.15, -0.1) is 0 Å². The van der Waals surface area contributed by atoms with Crippen molar-refractivity contribution in [3.63, 3.8) is 0 Å². The highest BCUT2D eigenvalue weighted by Crippen LogP contribution is 2.09. The third kappa shape index (κ3) is 4.85. The molecule has 0 aromatic heterocycles. The van der Waals surface area contributed by atoms with Crippen molar-refractivity contribution in [1.29, 1.82) is 0 Å². The van der Waals surface area contributed by atoms with Gasteiger partial charge >= 0.3 is 5.97 Å². The summed E-state index contributed by atoms with van der Waals surface area (Å²) in [6, 6.07) is -0.576. The maximum Gasteiger partial charge on any atom is 0.324 e. The van der Waals surface area contributed by atoms with Crippen LogP contribution in [0.5, 0.6) is 0 Å². The Bertz CT molecular complexity index is 175. The lowest BCUT2D eigenvalue weighted by atomic mass is 10.0. The van der Waals surface area contributed by atoms with E-state index in [1.807, 2.05) is 13.8 Å². The molecule has 0 heterocycles. The Morgan fingerprint density at radius 1 is 1.54 bits per heavy atom. The number of nitrogens with two attached hydrogens (primary N) is 2. The van der Waals surface area contributed by atoms with Gasteiger partial charge < -0.3 is 10.5 Å². The van der Waals surface area contributed by atoms with E-state index in [0.717, 1.165) is 6.42 Å². The molecule has 0 fully saturated rings. The van der Waals surface area contributed by atoms with Crippen LogP contribution in [0.4, 0.5) is 0 Å². The molecule has 13 heavy (non-hydrogen) atoms. The molecule has 0 rings (SSSR count). The van der Waals surface area contributed by atoms with Crippen LogP contribution in [-0.2, 0) is 9.53 Å². The fourth-order valence-electron chi connectivity index (χ4n) is 0.814. The molecule has 0 bridgehead atoms. The van der Waals surface area contributed by atoms with Crippen LogP contribution < -0.4 is 11.5 Å². The first-order valence-electron chi connectivity index (χ1n) is 4.55. The van der Waals surface area contributed by atoms with Gasteiger partial charge in [-0.3, -0.25) is 10.5 Å². The fourth-order valence-corrected chi connectivity index (χ4v) is 0.814. The Morgan fingerprint density at radius 2 is 2.00 bits per heavy atom. The molecule has 0 radical (unpaired) electrons. The number of hydrogen-bond acceptors (Lipinski definition) is 4. The summed E-state index contributed by atoms with van der Waals surface area (Å²) in [5.74, 6) is -0.309. The van der Waals surface area contributed by atoms with Crippen molar-refractivity contribution in [2.45, 2.75) is 45.9 Å². The van der Waals surface area contributed by atoms with Crippen LogP contribution in [0, 0.1) is 5.92 Å². The first-order valence-corrected chi connectivity index (χ1v) is 4.55. The van der Waals surface area contributed by atoms with Crippen LogP contribution >= 0.6 is 0 Å². The molecule has 0 aliphatic rings. The van der Waals surface area contributed by atoms with E-state index in [0.29, 0.717) is 0 Å². The molecule has 0 aromatic carbocycles. The number of esters is 1. The van der Waals surface area contributed by atoms with Gasteiger partial charge in [0.15, 0.2) is 5.72 Å². The zero-order valence-corrected chi connectivity index (χ0v) is 8.83. The molecule has 0 saturated heterocycles. The highest BCUT2D eigenvalue weighted by atomic mass is 16.6. The van der Waals surface area contributed by atoms with Crippen molar-refractivity contribution in [1.82, 2.24) is 0 Å². The molecular formula is C9H20N2O2. The average molecular weight is 188 g/mol. The van der Waals surface area contributed by atoms with Crippen LogP contribution in [0.15, 0.2) is 0 Å². The standard InChI is InChI=1S/C9H20N2O2/c1-5-6(2)7(10)8(12)13-9(3,4)11/h6-7H,5,10-11H2,1-4H3/t6-,7-/m0/s1. The molecule has 2 atom stereocenters. The van der Waals surface area contributed by atoms with Gasteiger partial charge in [-0.2, -0.15) is 0 Å². The molecule has 4 nitrogen and oxygen atoms in total. The summed E-state index contributed by atoms with van der Waals surface area (Å²) in [6.45, 7) is 7.13. The van der Waals surface area contributed by atoms with E-state index in [1.165, 1.54) is 0 Å². The Balaban J connectivity index is 4.12. The summed E-state index contributed by atoms with van der Waals surface area (Å²) >= 11 is 0. The molecule has 78 valence electrons. The predicted octanol–water partition coefficient (Wildman–Crippen LogP) is 0.598. The summed E-state index contributed by atoms with van der Waals surface area (Å²) < 4.78 is 4.94. The van der Waals surface area contributed by atoms with Crippen LogP contribution in [0.3, 0.4) is 0 Å². The molecule has 4 heteroatoms. The van der Waals surface area contributed by atoms with Gasteiger partial charge in [0, 0.05) is 0 Å². The topological polar surface area (TPSA) is 78.3 Å². The molecule has 0 unspecified atom stereocenters. The maximum atomic E-state index is 11.3. The zero-order chi connectivity index (χ0) is 10.6. The lowest BCUT2D eigenvalue weighted by Gasteiger charge is -2.24. The quantitative estimate of drug-likeness (QED) is 0.500. The van der Waals surface area contributed by atoms with Crippen LogP contribution in [0.2, 0.25) is 0 Å². The highest BCUT2D eigenvalue weighted by molar-refractivity contribution is 5.76. The molecule has 0 saturated carbocycles. The third-order valence-corrected chi connectivity index (χ3v) is 1.89. The minimum Gasteiger partial charge on any atom is -0.444 e. The van der Waals surface area contributed by atoms with E-state index in [4.69, 9.17) is 16.2 Å². The van der Waals surface area contributed by atoms with Crippen LogP contribution in [0.25, 0.3) is 0 Å². The first-order chi connectivity index (χ1) is 5.78. The van der Waals surface area contributed by atoms with E-state index in [-0.39, 0.29) is 5.92 Å². The van der Waals surface area contributed by atoms with Gasteiger partial charge in [-0.25, -0.2) is 0 Å². The van der Waals surface area contributed by atoms with Crippen molar-refractivity contribution >= 4 is 5.97 Å². The third-order valence-electron chi connectivity index (χ3n) is 1.89. The minimum absolute atomic E-state index is 0.120. The van der Waals surface area contributed by atoms with Gasteiger partial charge in [0.05, 0.1) is 0 Å². The summed E-state index contributed by atoms with van der Waals surface area (Å²) in [6.07, 6.45) is 0.848. The molecule has 4 N–H and O–H groups in total. The Kier molecular flexibility index (Phi) is 4.36. The van der Waals surface area contributed by atoms with Crippen LogP contribution in [0.1, 0.15) is 34.1 Å². The Labute approximate surface area is 79.6 Å². The minimum atomic E-state index is -0.942. The fraction of sp³-hybridized carbons (Fsp3) is 0.889. The summed E-state index contributed by atoms with van der Waals surface area (Å²) in [7, 11) is 0. The smallest absolute Gasteiger partial charge is 0.324 e. The number of hydrogen-bond donors (Lipinski definition) is 2. The lowest BCUT2D eigenvalue weighted by molar-refractivity contribution is -0.158. The highest BCUT2D eigenvalue weighted by Gasteiger charge is 2.25. The number of ether oxygens (including phenoxy) is 1. The molecule has 0 amide bonds. The predicted molar refractivity (Wildman–Crippen MR) is 51.8 cm³/mol. The van der Waals surface area contributed by atoms with Gasteiger partial charge in [-0.1, -0.05) is 20.3 Å². The number of carbonyl (C=O) groups excluding carboxylic acids is 1. The summed E-state index contributed by atoms with van der Waals surface area (Å²) in [5.41, 5.74) is 10.2. The lowest BCUT2D eigenvalue weighted by Crippen LogP contribution is -2.46. The second kappa shape index (κ2) is 4.58. The molecule has 0 aliphatic heterocycles. The van der Waals surface area contributed by atoms with Crippen molar-refractivity contribution in [2.24, 2.45) is 17.4 Å². The molecule has 0 aliphatic carbocycles. The van der Waals surface area contributed by atoms with Gasteiger partial charge in [-0.05, 0) is 19.8 Å². The van der Waals surface area contributed by atoms with E-state index in [1.54, 1.807) is 13.8 Å². The maximum absolute atomic E-state index is 11.3. The Morgan fingerprint density at radius 3 is 2.31 bits per heavy atom.